The van der Waals surface area contributed by atoms with E-state index < -0.39 is 37.1 Å². The lowest BCUT2D eigenvalue weighted by Crippen LogP contribution is -2.33. The van der Waals surface area contributed by atoms with Gasteiger partial charge in [-0.1, -0.05) is 18.1 Å². The number of nitrogens with zero attached hydrogens (tertiary/aromatic N) is 7. The highest BCUT2D eigenvalue weighted by atomic mass is 16.6. The van der Waals surface area contributed by atoms with E-state index in [4.69, 9.17) is 9.84 Å². The van der Waals surface area contributed by atoms with Crippen molar-refractivity contribution in [3.8, 4) is 5.95 Å². The first kappa shape index (κ1) is 20.7. The largest absolute Gasteiger partial charge is 0.476 e. The van der Waals surface area contributed by atoms with Crippen molar-refractivity contribution in [3.05, 3.63) is 18.2 Å². The monoisotopic (exact) mass is 446 g/mol. The van der Waals surface area contributed by atoms with E-state index in [0.29, 0.717) is 11.3 Å². The zero-order valence-electron chi connectivity index (χ0n) is 16.8. The number of aliphatic hydroxyl groups excluding tert-OH is 3. The van der Waals surface area contributed by atoms with Crippen molar-refractivity contribution in [2.45, 2.75) is 56.3 Å². The molecule has 2 aliphatic rings. The molecule has 14 nitrogen and oxygen atoms in total. The average molecular weight is 446 g/mol. The van der Waals surface area contributed by atoms with Crippen LogP contribution in [0.5, 0.6) is 0 Å². The van der Waals surface area contributed by atoms with Gasteiger partial charge in [-0.25, -0.2) is 9.78 Å². The van der Waals surface area contributed by atoms with Gasteiger partial charge in [0.05, 0.1) is 19.1 Å². The molecule has 3 aromatic heterocycles. The van der Waals surface area contributed by atoms with Crippen LogP contribution in [0.2, 0.25) is 0 Å². The number of carboxylic acid groups (broad SMARTS) is 1. The van der Waals surface area contributed by atoms with Gasteiger partial charge in [0, 0.05) is 6.04 Å². The number of ether oxygens (including phenoxy) is 1. The predicted octanol–water partition coefficient (Wildman–Crippen LogP) is -0.929. The number of carbonyl (C=O) groups is 1. The number of rotatable bonds is 6. The Morgan fingerprint density at radius 1 is 1.22 bits per heavy atom. The van der Waals surface area contributed by atoms with E-state index in [1.165, 1.54) is 17.1 Å². The van der Waals surface area contributed by atoms with E-state index >= 15 is 0 Å². The van der Waals surface area contributed by atoms with Gasteiger partial charge in [0.25, 0.3) is 5.95 Å². The fraction of sp³-hybridized carbons (Fsp3) is 0.556. The Balaban J connectivity index is 1.61. The third-order valence-electron chi connectivity index (χ3n) is 5.81. The first-order chi connectivity index (χ1) is 15.5. The number of aromatic carboxylic acids is 1. The summed E-state index contributed by atoms with van der Waals surface area (Å²) in [5, 5.41) is 49.9. The van der Waals surface area contributed by atoms with Gasteiger partial charge in [-0.2, -0.15) is 14.6 Å². The number of aliphatic hydroxyl groups is 3. The van der Waals surface area contributed by atoms with E-state index in [2.05, 4.69) is 30.6 Å². The van der Waals surface area contributed by atoms with Crippen LogP contribution in [0.3, 0.4) is 0 Å². The van der Waals surface area contributed by atoms with Gasteiger partial charge in [-0.3, -0.25) is 4.57 Å². The maximum Gasteiger partial charge on any atom is 0.358 e. The number of hydrogen-bond acceptors (Lipinski definition) is 11. The lowest BCUT2D eigenvalue weighted by atomic mass is 10.1. The number of aromatic nitrogens is 7. The third-order valence-corrected chi connectivity index (χ3v) is 5.81. The highest BCUT2D eigenvalue weighted by Gasteiger charge is 2.44. The third kappa shape index (κ3) is 3.46. The molecule has 4 atom stereocenters. The van der Waals surface area contributed by atoms with E-state index in [1.807, 2.05) is 0 Å². The number of anilines is 1. The van der Waals surface area contributed by atoms with Crippen LogP contribution in [0.1, 0.15) is 42.4 Å². The minimum Gasteiger partial charge on any atom is -0.476 e. The molecule has 5 N–H and O–H groups in total. The van der Waals surface area contributed by atoms with Crippen LogP contribution in [-0.4, -0.2) is 91.9 Å². The van der Waals surface area contributed by atoms with Crippen molar-refractivity contribution < 1.29 is 30.0 Å². The van der Waals surface area contributed by atoms with E-state index in [-0.39, 0.29) is 23.3 Å². The summed E-state index contributed by atoms with van der Waals surface area (Å²) < 4.78 is 8.20. The van der Waals surface area contributed by atoms with Gasteiger partial charge in [0.15, 0.2) is 28.9 Å². The minimum absolute atomic E-state index is 0.0477. The number of fused-ring (bicyclic) bond motifs is 1. The molecule has 0 aromatic carbocycles. The maximum atomic E-state index is 11.2. The molecule has 1 saturated carbocycles. The summed E-state index contributed by atoms with van der Waals surface area (Å²) in [5.41, 5.74) is 0.422. The summed E-state index contributed by atoms with van der Waals surface area (Å²) in [7, 11) is 0. The van der Waals surface area contributed by atoms with Crippen LogP contribution in [-0.2, 0) is 4.74 Å². The Kier molecular flexibility index (Phi) is 5.21. The highest BCUT2D eigenvalue weighted by Crippen LogP contribution is 2.33. The van der Waals surface area contributed by atoms with Gasteiger partial charge >= 0.3 is 5.97 Å². The first-order valence-corrected chi connectivity index (χ1v) is 10.3. The molecule has 3 aromatic rings. The van der Waals surface area contributed by atoms with E-state index in [1.54, 1.807) is 0 Å². The molecular formula is C18H22N8O6. The number of carboxylic acids is 1. The summed E-state index contributed by atoms with van der Waals surface area (Å²) in [6.45, 7) is -0.465. The quantitative estimate of drug-likeness (QED) is 0.313. The molecule has 5 rings (SSSR count). The van der Waals surface area contributed by atoms with Crippen LogP contribution in [0, 0.1) is 0 Å². The molecule has 32 heavy (non-hydrogen) atoms. The van der Waals surface area contributed by atoms with Gasteiger partial charge in [0.1, 0.15) is 18.3 Å². The Hall–Kier alpha value is -3.20. The highest BCUT2D eigenvalue weighted by molar-refractivity contribution is 5.85. The van der Waals surface area contributed by atoms with Crippen molar-refractivity contribution in [2.75, 3.05) is 11.9 Å². The standard InChI is InChI=1S/C18H22N8O6/c27-6-10-12(28)13(29)16(32-10)25-7-19-11-14(20-8-3-1-2-4-8)21-18(22-15(11)25)26-5-9(17(30)31)23-24-26/h5,7-8,10,12-13,16,27-29H,1-4,6H2,(H,30,31)(H,20,21,22)/t10-,12-,13-,16-/m1/s1. The molecule has 1 saturated heterocycles. The zero-order valence-corrected chi connectivity index (χ0v) is 16.8. The van der Waals surface area contributed by atoms with Crippen LogP contribution < -0.4 is 5.32 Å². The first-order valence-electron chi connectivity index (χ1n) is 10.3. The molecule has 0 radical (unpaired) electrons. The molecule has 14 heteroatoms. The van der Waals surface area contributed by atoms with Gasteiger partial charge in [-0.05, 0) is 12.8 Å². The fourth-order valence-electron chi connectivity index (χ4n) is 4.13. The number of nitrogens with one attached hydrogen (secondary N) is 1. The second-order valence-corrected chi connectivity index (χ2v) is 7.90. The number of hydrogen-bond donors (Lipinski definition) is 5. The van der Waals surface area contributed by atoms with Crippen LogP contribution in [0.25, 0.3) is 17.1 Å². The van der Waals surface area contributed by atoms with Gasteiger partial charge < -0.3 is 30.5 Å². The molecule has 1 aliphatic carbocycles. The second kappa shape index (κ2) is 8.05. The molecule has 0 spiro atoms. The number of imidazole rings is 1. The van der Waals surface area contributed by atoms with Crippen molar-refractivity contribution in [1.82, 2.24) is 34.5 Å². The average Bonchev–Trinajstić information content (AvgIpc) is 3.56. The summed E-state index contributed by atoms with van der Waals surface area (Å²) in [6.07, 6.45) is 2.14. The van der Waals surface area contributed by atoms with Crippen LogP contribution in [0.4, 0.5) is 5.82 Å². The van der Waals surface area contributed by atoms with Crippen molar-refractivity contribution >= 4 is 23.0 Å². The molecular weight excluding hydrogens is 424 g/mol. The summed E-state index contributed by atoms with van der Waals surface area (Å²) in [5.74, 6) is -0.764. The van der Waals surface area contributed by atoms with Crippen molar-refractivity contribution in [3.63, 3.8) is 0 Å². The van der Waals surface area contributed by atoms with Crippen molar-refractivity contribution in [1.29, 1.82) is 0 Å². The van der Waals surface area contributed by atoms with Gasteiger partial charge in [0.2, 0.25) is 0 Å². The molecule has 2 fully saturated rings. The predicted molar refractivity (Wildman–Crippen MR) is 106 cm³/mol. The van der Waals surface area contributed by atoms with Gasteiger partial charge in [-0.15, -0.1) is 5.10 Å². The summed E-state index contributed by atoms with van der Waals surface area (Å²) in [6, 6.07) is 0.199. The minimum atomic E-state index is -1.32. The summed E-state index contributed by atoms with van der Waals surface area (Å²) >= 11 is 0. The Bertz CT molecular complexity index is 1140. The zero-order chi connectivity index (χ0) is 22.4. The molecule has 0 bridgehead atoms. The lowest BCUT2D eigenvalue weighted by molar-refractivity contribution is -0.0511. The second-order valence-electron chi connectivity index (χ2n) is 7.90. The molecule has 1 aliphatic heterocycles. The van der Waals surface area contributed by atoms with E-state index in [0.717, 1.165) is 30.4 Å². The molecule has 0 amide bonds. The Morgan fingerprint density at radius 2 is 2.00 bits per heavy atom. The molecule has 0 unspecified atom stereocenters. The van der Waals surface area contributed by atoms with Crippen LogP contribution >= 0.6 is 0 Å². The Morgan fingerprint density at radius 3 is 2.66 bits per heavy atom. The van der Waals surface area contributed by atoms with E-state index in [9.17, 15) is 20.1 Å². The maximum absolute atomic E-state index is 11.2. The van der Waals surface area contributed by atoms with Crippen LogP contribution in [0.15, 0.2) is 12.5 Å². The normalized spacial score (nSPS) is 26.2. The molecule has 4 heterocycles. The lowest BCUT2D eigenvalue weighted by Gasteiger charge is -2.17. The smallest absolute Gasteiger partial charge is 0.358 e. The fourth-order valence-corrected chi connectivity index (χ4v) is 4.13. The SMILES string of the molecule is O=C(O)c1cn(-c2nc(NC3CCCC3)c3ncn([C@@H]4O[C@H](CO)[C@@H](O)[C@H]4O)c3n2)nn1. The molecule has 170 valence electrons. The Labute approximate surface area is 180 Å². The topological polar surface area (TPSA) is 194 Å². The van der Waals surface area contributed by atoms with Crippen molar-refractivity contribution in [2.24, 2.45) is 0 Å². The summed E-state index contributed by atoms with van der Waals surface area (Å²) in [4.78, 5) is 24.5.